The molecule has 3 nitrogen and oxygen atoms in total. The molecule has 0 fully saturated rings. The van der Waals surface area contributed by atoms with Gasteiger partial charge in [-0.05, 0) is 24.0 Å². The zero-order chi connectivity index (χ0) is 15.5. The predicted octanol–water partition coefficient (Wildman–Crippen LogP) is 5.52. The van der Waals surface area contributed by atoms with Gasteiger partial charge >= 0.3 is 8.60 Å². The molecule has 1 unspecified atom stereocenters. The Balaban J connectivity index is 2.33. The molecule has 0 aliphatic carbocycles. The molecular weight excluding hydrogens is 283 g/mol. The van der Waals surface area contributed by atoms with Crippen LogP contribution in [0.25, 0.3) is 0 Å². The van der Waals surface area contributed by atoms with E-state index in [1.54, 1.807) is 6.07 Å². The highest BCUT2D eigenvalue weighted by Crippen LogP contribution is 2.36. The van der Waals surface area contributed by atoms with E-state index < -0.39 is 8.60 Å². The summed E-state index contributed by atoms with van der Waals surface area (Å²) in [5.41, 5.74) is 1.07. The molecule has 1 atom stereocenters. The molecule has 0 saturated carbocycles. The van der Waals surface area contributed by atoms with E-state index in [2.05, 4.69) is 13.8 Å². The molecule has 0 saturated heterocycles. The second-order valence-electron chi connectivity index (χ2n) is 5.69. The Morgan fingerprint density at radius 3 is 2.29 bits per heavy atom. The first-order valence-corrected chi connectivity index (χ1v) is 9.26. The van der Waals surface area contributed by atoms with Crippen LogP contribution in [0.5, 0.6) is 5.75 Å². The van der Waals surface area contributed by atoms with Crippen molar-refractivity contribution in [2.45, 2.75) is 71.1 Å². The van der Waals surface area contributed by atoms with Gasteiger partial charge in [0.15, 0.2) is 0 Å². The molecule has 1 rings (SSSR count). The summed E-state index contributed by atoms with van der Waals surface area (Å²) in [5.74, 6) is 0.982. The zero-order valence-corrected chi connectivity index (χ0v) is 14.2. The maximum atomic E-state index is 9.03. The van der Waals surface area contributed by atoms with Gasteiger partial charge in [0.1, 0.15) is 5.75 Å². The number of benzene rings is 1. The first-order valence-electron chi connectivity index (χ1n) is 8.10. The molecular formula is C17H29O3P. The third kappa shape index (κ3) is 7.80. The monoisotopic (exact) mass is 312 g/mol. The SMILES string of the molecule is CCCCCCCCCC(C)c1ccccc1OP(O)O. The Morgan fingerprint density at radius 1 is 1.00 bits per heavy atom. The maximum Gasteiger partial charge on any atom is 0.391 e. The molecule has 0 spiro atoms. The molecule has 0 heterocycles. The summed E-state index contributed by atoms with van der Waals surface area (Å²) in [7, 11) is -2.34. The van der Waals surface area contributed by atoms with Crippen molar-refractivity contribution >= 4 is 8.60 Å². The van der Waals surface area contributed by atoms with Gasteiger partial charge in [-0.3, -0.25) is 0 Å². The predicted molar refractivity (Wildman–Crippen MR) is 89.5 cm³/mol. The zero-order valence-electron chi connectivity index (χ0n) is 13.3. The Morgan fingerprint density at radius 2 is 1.62 bits per heavy atom. The van der Waals surface area contributed by atoms with Crippen LogP contribution in [0.15, 0.2) is 24.3 Å². The lowest BCUT2D eigenvalue weighted by molar-refractivity contribution is 0.372. The van der Waals surface area contributed by atoms with Gasteiger partial charge in [0, 0.05) is 0 Å². The van der Waals surface area contributed by atoms with Crippen LogP contribution >= 0.6 is 8.60 Å². The van der Waals surface area contributed by atoms with Gasteiger partial charge in [-0.1, -0.05) is 77.0 Å². The lowest BCUT2D eigenvalue weighted by Gasteiger charge is -2.16. The molecule has 0 radical (unpaired) electrons. The van der Waals surface area contributed by atoms with E-state index in [1.165, 1.54) is 44.9 Å². The van der Waals surface area contributed by atoms with Crippen molar-refractivity contribution < 1.29 is 14.3 Å². The van der Waals surface area contributed by atoms with Gasteiger partial charge in [-0.25, -0.2) is 0 Å². The lowest BCUT2D eigenvalue weighted by Crippen LogP contribution is -1.98. The highest BCUT2D eigenvalue weighted by atomic mass is 31.2. The normalized spacial score (nSPS) is 12.6. The topological polar surface area (TPSA) is 49.7 Å². The summed E-state index contributed by atoms with van der Waals surface area (Å²) >= 11 is 0. The van der Waals surface area contributed by atoms with Gasteiger partial charge in [0.05, 0.1) is 0 Å². The molecule has 120 valence electrons. The summed E-state index contributed by atoms with van der Waals surface area (Å²) in [6.07, 6.45) is 10.3. The Hall–Kier alpha value is -0.630. The first-order chi connectivity index (χ1) is 10.1. The molecule has 1 aromatic rings. The Kier molecular flexibility index (Phi) is 9.65. The number of para-hydroxylation sites is 1. The number of hydrogen-bond acceptors (Lipinski definition) is 3. The number of unbranched alkanes of at least 4 members (excludes halogenated alkanes) is 6. The second kappa shape index (κ2) is 11.0. The van der Waals surface area contributed by atoms with E-state index >= 15 is 0 Å². The van der Waals surface area contributed by atoms with Crippen LogP contribution in [-0.2, 0) is 0 Å². The third-order valence-electron chi connectivity index (χ3n) is 3.87. The smallest absolute Gasteiger partial charge is 0.391 e. The largest absolute Gasteiger partial charge is 0.427 e. The van der Waals surface area contributed by atoms with Crippen LogP contribution in [0.1, 0.15) is 76.7 Å². The molecule has 21 heavy (non-hydrogen) atoms. The van der Waals surface area contributed by atoms with E-state index in [9.17, 15) is 0 Å². The van der Waals surface area contributed by atoms with Crippen LogP contribution in [0, 0.1) is 0 Å². The Labute approximate surface area is 130 Å². The maximum absolute atomic E-state index is 9.03. The fourth-order valence-corrected chi connectivity index (χ4v) is 2.96. The second-order valence-corrected chi connectivity index (χ2v) is 6.38. The van der Waals surface area contributed by atoms with E-state index in [0.29, 0.717) is 11.7 Å². The lowest BCUT2D eigenvalue weighted by atomic mass is 9.94. The average Bonchev–Trinajstić information content (AvgIpc) is 2.46. The Bertz CT molecular complexity index is 382. The molecule has 0 aliphatic heterocycles. The van der Waals surface area contributed by atoms with Crippen molar-refractivity contribution in [2.24, 2.45) is 0 Å². The molecule has 0 aromatic heterocycles. The van der Waals surface area contributed by atoms with Crippen molar-refractivity contribution in [1.82, 2.24) is 0 Å². The van der Waals surface area contributed by atoms with Crippen LogP contribution in [0.4, 0.5) is 0 Å². The summed E-state index contributed by atoms with van der Waals surface area (Å²) in [6, 6.07) is 7.65. The molecule has 0 bridgehead atoms. The number of hydrogen-bond donors (Lipinski definition) is 2. The van der Waals surface area contributed by atoms with Crippen LogP contribution in [0.2, 0.25) is 0 Å². The molecule has 2 N–H and O–H groups in total. The summed E-state index contributed by atoms with van der Waals surface area (Å²) < 4.78 is 5.11. The van der Waals surface area contributed by atoms with Crippen LogP contribution < -0.4 is 4.52 Å². The van der Waals surface area contributed by atoms with Gasteiger partial charge < -0.3 is 14.3 Å². The first kappa shape index (κ1) is 18.4. The summed E-state index contributed by atoms with van der Waals surface area (Å²) in [6.45, 7) is 4.42. The van der Waals surface area contributed by atoms with Crippen molar-refractivity contribution in [2.75, 3.05) is 0 Å². The van der Waals surface area contributed by atoms with Gasteiger partial charge in [0.25, 0.3) is 0 Å². The fraction of sp³-hybridized carbons (Fsp3) is 0.647. The highest BCUT2D eigenvalue weighted by molar-refractivity contribution is 7.39. The van der Waals surface area contributed by atoms with E-state index in [1.807, 2.05) is 18.2 Å². The molecule has 1 aromatic carbocycles. The van der Waals surface area contributed by atoms with Crippen molar-refractivity contribution in [3.8, 4) is 5.75 Å². The standard InChI is InChI=1S/C17H29O3P/c1-3-4-5-6-7-8-9-12-15(2)16-13-10-11-14-17(16)20-21(18)19/h10-11,13-15,18-19H,3-9,12H2,1-2H3. The average molecular weight is 312 g/mol. The molecule has 0 amide bonds. The molecule has 0 aliphatic rings. The van der Waals surface area contributed by atoms with Crippen LogP contribution in [0.3, 0.4) is 0 Å². The van der Waals surface area contributed by atoms with Crippen molar-refractivity contribution in [3.63, 3.8) is 0 Å². The minimum Gasteiger partial charge on any atom is -0.427 e. The number of rotatable bonds is 11. The minimum atomic E-state index is -2.34. The van der Waals surface area contributed by atoms with E-state index in [0.717, 1.165) is 12.0 Å². The van der Waals surface area contributed by atoms with E-state index in [4.69, 9.17) is 14.3 Å². The summed E-state index contributed by atoms with van der Waals surface area (Å²) in [4.78, 5) is 18.1. The fourth-order valence-electron chi connectivity index (χ4n) is 2.62. The van der Waals surface area contributed by atoms with Gasteiger partial charge in [-0.2, -0.15) is 0 Å². The van der Waals surface area contributed by atoms with Crippen molar-refractivity contribution in [3.05, 3.63) is 29.8 Å². The third-order valence-corrected chi connectivity index (χ3v) is 4.23. The summed E-state index contributed by atoms with van der Waals surface area (Å²) in [5, 5.41) is 0. The van der Waals surface area contributed by atoms with Gasteiger partial charge in [0.2, 0.25) is 0 Å². The van der Waals surface area contributed by atoms with Crippen LogP contribution in [-0.4, -0.2) is 9.79 Å². The molecule has 4 heteroatoms. The minimum absolute atomic E-state index is 0.381. The van der Waals surface area contributed by atoms with E-state index in [-0.39, 0.29) is 0 Å². The van der Waals surface area contributed by atoms with Crippen molar-refractivity contribution in [1.29, 1.82) is 0 Å². The van der Waals surface area contributed by atoms with Gasteiger partial charge in [-0.15, -0.1) is 0 Å². The quantitative estimate of drug-likeness (QED) is 0.418. The highest BCUT2D eigenvalue weighted by Gasteiger charge is 2.13.